The predicted octanol–water partition coefficient (Wildman–Crippen LogP) is 0.341. The van der Waals surface area contributed by atoms with E-state index in [1.54, 1.807) is 0 Å². The van der Waals surface area contributed by atoms with Crippen LogP contribution in [0.5, 0.6) is 0 Å². The number of carboxylic acid groups (broad SMARTS) is 3. The first-order valence-corrected chi connectivity index (χ1v) is 4.79. The summed E-state index contributed by atoms with van der Waals surface area (Å²) in [6.07, 6.45) is -0.838. The van der Waals surface area contributed by atoms with E-state index in [1.807, 2.05) is 0 Å². The number of carboxylic acids is 3. The lowest BCUT2D eigenvalue weighted by molar-refractivity contribution is -0.136. The Balaban J connectivity index is 3.70. The van der Waals surface area contributed by atoms with Gasteiger partial charge in [-0.3, -0.25) is 4.79 Å². The molecule has 0 saturated heterocycles. The van der Waals surface area contributed by atoms with Gasteiger partial charge in [0.15, 0.2) is 0 Å². The Labute approximate surface area is 105 Å². The molecule has 0 atom stereocenters. The summed E-state index contributed by atoms with van der Waals surface area (Å²) < 4.78 is 0. The molecule has 1 heterocycles. The third kappa shape index (κ3) is 2.48. The summed E-state index contributed by atoms with van der Waals surface area (Å²) in [5, 5.41) is 25.9. The number of pyridine rings is 1. The minimum Gasteiger partial charge on any atom is -0.481 e. The highest BCUT2D eigenvalue weighted by atomic mass is 35.5. The zero-order valence-corrected chi connectivity index (χ0v) is 9.43. The lowest BCUT2D eigenvalue weighted by Gasteiger charge is -2.11. The fourth-order valence-corrected chi connectivity index (χ4v) is 1.69. The molecule has 8 nitrogen and oxygen atoms in total. The fraction of sp³-hybridized carbons (Fsp3) is 0.111. The van der Waals surface area contributed by atoms with Crippen molar-refractivity contribution < 1.29 is 29.7 Å². The summed E-state index contributed by atoms with van der Waals surface area (Å²) in [5.41, 5.74) is 3.48. The van der Waals surface area contributed by atoms with Crippen molar-refractivity contribution in [2.24, 2.45) is 0 Å². The highest BCUT2D eigenvalue weighted by Gasteiger charge is 2.27. The van der Waals surface area contributed by atoms with E-state index in [0.29, 0.717) is 0 Å². The average Bonchev–Trinajstić information content (AvgIpc) is 2.13. The van der Waals surface area contributed by atoms with Gasteiger partial charge in [0.1, 0.15) is 22.1 Å². The second-order valence-electron chi connectivity index (χ2n) is 3.20. The van der Waals surface area contributed by atoms with Crippen molar-refractivity contribution in [1.82, 2.24) is 4.98 Å². The first-order valence-electron chi connectivity index (χ1n) is 4.42. The summed E-state index contributed by atoms with van der Waals surface area (Å²) in [6.45, 7) is 0. The lowest BCUT2D eigenvalue weighted by Crippen LogP contribution is -2.18. The molecule has 0 spiro atoms. The number of nitrogens with zero attached hydrogens (tertiary/aromatic N) is 1. The number of nitrogen functional groups attached to an aromatic ring is 1. The molecule has 0 amide bonds. The molecular formula is C9H7ClN2O6. The number of hydrogen-bond donors (Lipinski definition) is 4. The van der Waals surface area contributed by atoms with Gasteiger partial charge in [-0.15, -0.1) is 0 Å². The molecule has 9 heteroatoms. The van der Waals surface area contributed by atoms with Gasteiger partial charge in [-0.2, -0.15) is 0 Å². The van der Waals surface area contributed by atoms with Crippen LogP contribution in [0.25, 0.3) is 0 Å². The number of hydrogen-bond acceptors (Lipinski definition) is 5. The van der Waals surface area contributed by atoms with Crippen molar-refractivity contribution in [3.63, 3.8) is 0 Å². The summed E-state index contributed by atoms with van der Waals surface area (Å²) in [5.74, 6) is -5.10. The molecule has 0 aliphatic carbocycles. The number of aliphatic carboxylic acids is 1. The Morgan fingerprint density at radius 2 is 1.61 bits per heavy atom. The number of carbonyl (C=O) groups is 3. The van der Waals surface area contributed by atoms with E-state index in [2.05, 4.69) is 4.98 Å². The predicted molar refractivity (Wildman–Crippen MR) is 58.9 cm³/mol. The first-order chi connectivity index (χ1) is 8.25. The van der Waals surface area contributed by atoms with Gasteiger partial charge in [0.2, 0.25) is 0 Å². The number of rotatable bonds is 4. The van der Waals surface area contributed by atoms with E-state index in [0.717, 1.165) is 0 Å². The molecule has 0 radical (unpaired) electrons. The number of aromatic carboxylic acids is 2. The Morgan fingerprint density at radius 3 is 2.00 bits per heavy atom. The van der Waals surface area contributed by atoms with Crippen molar-refractivity contribution in [2.45, 2.75) is 6.42 Å². The molecule has 0 aliphatic heterocycles. The molecule has 5 N–H and O–H groups in total. The molecule has 1 aromatic heterocycles. The topological polar surface area (TPSA) is 151 Å². The molecule has 0 saturated carbocycles. The maximum Gasteiger partial charge on any atom is 0.339 e. The highest BCUT2D eigenvalue weighted by Crippen LogP contribution is 2.26. The van der Waals surface area contributed by atoms with Crippen LogP contribution >= 0.6 is 11.6 Å². The van der Waals surface area contributed by atoms with Crippen molar-refractivity contribution in [1.29, 1.82) is 0 Å². The van der Waals surface area contributed by atoms with Crippen molar-refractivity contribution in [3.05, 3.63) is 21.8 Å². The minimum absolute atomic E-state index is 0.486. The monoisotopic (exact) mass is 274 g/mol. The fourth-order valence-electron chi connectivity index (χ4n) is 1.41. The summed E-state index contributed by atoms with van der Waals surface area (Å²) in [6, 6.07) is 0. The Kier molecular flexibility index (Phi) is 3.72. The van der Waals surface area contributed by atoms with E-state index < -0.39 is 52.0 Å². The average molecular weight is 275 g/mol. The Morgan fingerprint density at radius 1 is 1.11 bits per heavy atom. The lowest BCUT2D eigenvalue weighted by atomic mass is 10.00. The van der Waals surface area contributed by atoms with Crippen LogP contribution in [0.1, 0.15) is 26.3 Å². The smallest absolute Gasteiger partial charge is 0.339 e. The number of aromatic nitrogens is 1. The van der Waals surface area contributed by atoms with Crippen LogP contribution in [0.15, 0.2) is 0 Å². The molecule has 0 aromatic carbocycles. The quantitative estimate of drug-likeness (QED) is 0.574. The molecule has 0 bridgehead atoms. The zero-order valence-electron chi connectivity index (χ0n) is 8.68. The van der Waals surface area contributed by atoms with Crippen LogP contribution in [0.2, 0.25) is 5.15 Å². The molecule has 18 heavy (non-hydrogen) atoms. The maximum absolute atomic E-state index is 11.0. The van der Waals surface area contributed by atoms with Gasteiger partial charge < -0.3 is 21.1 Å². The van der Waals surface area contributed by atoms with Crippen LogP contribution in [0, 0.1) is 0 Å². The van der Waals surface area contributed by atoms with Gasteiger partial charge in [0.25, 0.3) is 0 Å². The largest absolute Gasteiger partial charge is 0.481 e. The van der Waals surface area contributed by atoms with Crippen molar-refractivity contribution in [2.75, 3.05) is 5.73 Å². The van der Waals surface area contributed by atoms with E-state index in [9.17, 15) is 14.4 Å². The number of nitrogens with two attached hydrogens (primary N) is 1. The molecule has 0 aliphatic rings. The number of anilines is 1. The SMILES string of the molecule is Nc1nc(Cl)c(C(=O)O)c(CC(=O)O)c1C(=O)O. The van der Waals surface area contributed by atoms with Crippen LogP contribution in [-0.2, 0) is 11.2 Å². The zero-order chi connectivity index (χ0) is 14.0. The van der Waals surface area contributed by atoms with Gasteiger partial charge in [0.05, 0.1) is 6.42 Å². The summed E-state index contributed by atoms with van der Waals surface area (Å²) >= 11 is 5.53. The van der Waals surface area contributed by atoms with Crippen LogP contribution in [0.4, 0.5) is 5.82 Å². The molecule has 1 rings (SSSR count). The number of halogens is 1. The first kappa shape index (κ1) is 13.7. The minimum atomic E-state index is -1.58. The van der Waals surface area contributed by atoms with Gasteiger partial charge in [0, 0.05) is 0 Å². The second-order valence-corrected chi connectivity index (χ2v) is 3.56. The molecule has 0 unspecified atom stereocenters. The van der Waals surface area contributed by atoms with Gasteiger partial charge in [-0.1, -0.05) is 11.6 Å². The standard InChI is InChI=1S/C9H7ClN2O6/c10-6-4(8(15)16)2(1-3(13)14)5(9(17)18)7(11)12-6/h1H2,(H2,11,12)(H,13,14)(H,15,16)(H,17,18). The molecule has 0 fully saturated rings. The molecular weight excluding hydrogens is 268 g/mol. The van der Waals surface area contributed by atoms with E-state index in [1.165, 1.54) is 0 Å². The van der Waals surface area contributed by atoms with Crippen LogP contribution in [-0.4, -0.2) is 38.2 Å². The van der Waals surface area contributed by atoms with E-state index in [4.69, 9.17) is 32.7 Å². The summed E-state index contributed by atoms with van der Waals surface area (Å²) in [4.78, 5) is 35.9. The third-order valence-corrected chi connectivity index (χ3v) is 2.31. The maximum atomic E-state index is 11.0. The van der Waals surface area contributed by atoms with E-state index >= 15 is 0 Å². The van der Waals surface area contributed by atoms with Gasteiger partial charge >= 0.3 is 17.9 Å². The van der Waals surface area contributed by atoms with Gasteiger partial charge in [-0.25, -0.2) is 14.6 Å². The molecule has 96 valence electrons. The highest BCUT2D eigenvalue weighted by molar-refractivity contribution is 6.33. The second kappa shape index (κ2) is 4.88. The molecule has 1 aromatic rings. The van der Waals surface area contributed by atoms with Crippen molar-refractivity contribution in [3.8, 4) is 0 Å². The van der Waals surface area contributed by atoms with E-state index in [-0.39, 0.29) is 0 Å². The van der Waals surface area contributed by atoms with Crippen LogP contribution < -0.4 is 5.73 Å². The normalized spacial score (nSPS) is 10.1. The third-order valence-electron chi connectivity index (χ3n) is 2.04. The Hall–Kier alpha value is -2.35. The summed E-state index contributed by atoms with van der Waals surface area (Å²) in [7, 11) is 0. The van der Waals surface area contributed by atoms with Crippen molar-refractivity contribution >= 4 is 35.3 Å². The van der Waals surface area contributed by atoms with Gasteiger partial charge in [-0.05, 0) is 5.56 Å². The van der Waals surface area contributed by atoms with Crippen LogP contribution in [0.3, 0.4) is 0 Å². The Bertz CT molecular complexity index is 518.